The maximum absolute atomic E-state index is 12.1. The molecular weight excluding hydrogens is 312 g/mol. The fourth-order valence-corrected chi connectivity index (χ4v) is 3.04. The molecule has 5 nitrogen and oxygen atoms in total. The number of hydrogen-bond donors (Lipinski definition) is 1. The van der Waals surface area contributed by atoms with Gasteiger partial charge in [-0.25, -0.2) is 9.78 Å². The largest absolute Gasteiger partial charge is 0.461 e. The van der Waals surface area contributed by atoms with Gasteiger partial charge in [-0.05, 0) is 25.3 Å². The predicted molar refractivity (Wildman–Crippen MR) is 84.4 cm³/mol. The van der Waals surface area contributed by atoms with E-state index in [4.69, 9.17) is 16.3 Å². The number of ether oxygens (including phenoxy) is 1. The van der Waals surface area contributed by atoms with Crippen LogP contribution in [-0.4, -0.2) is 22.5 Å². The molecule has 0 saturated heterocycles. The number of nitrogens with zero attached hydrogens (tertiary/aromatic N) is 1. The van der Waals surface area contributed by atoms with Gasteiger partial charge in [0, 0.05) is 0 Å². The van der Waals surface area contributed by atoms with E-state index < -0.39 is 11.3 Å². The summed E-state index contributed by atoms with van der Waals surface area (Å²) in [6, 6.07) is 0. The molecule has 2 aromatic rings. The van der Waals surface area contributed by atoms with Crippen LogP contribution in [0.3, 0.4) is 0 Å². The summed E-state index contributed by atoms with van der Waals surface area (Å²) in [6.07, 6.45) is 0. The number of hydrogen-bond acceptors (Lipinski definition) is 5. The van der Waals surface area contributed by atoms with Crippen molar-refractivity contribution in [2.45, 2.75) is 33.1 Å². The minimum Gasteiger partial charge on any atom is -0.461 e. The van der Waals surface area contributed by atoms with Crippen molar-refractivity contribution in [1.29, 1.82) is 0 Å². The summed E-state index contributed by atoms with van der Waals surface area (Å²) in [6.45, 7) is 7.73. The van der Waals surface area contributed by atoms with Crippen molar-refractivity contribution >= 4 is 39.1 Å². The standard InChI is InChI=1S/C14H17ClN2O3S/c1-6(2)5-20-14(19)10-7(3)9-12(18)16-11(8(4)15)17-13(9)21-10/h6,8H,5H2,1-4H3,(H,16,17,18). The molecule has 0 saturated carbocycles. The second-order valence-corrected chi connectivity index (χ2v) is 6.95. The van der Waals surface area contributed by atoms with Crippen LogP contribution in [0.25, 0.3) is 10.2 Å². The highest BCUT2D eigenvalue weighted by Crippen LogP contribution is 2.29. The average Bonchev–Trinajstić information content (AvgIpc) is 2.73. The molecule has 2 aromatic heterocycles. The Kier molecular flexibility index (Phi) is 4.68. The summed E-state index contributed by atoms with van der Waals surface area (Å²) in [5, 5.41) is 0.0263. The van der Waals surface area contributed by atoms with Crippen molar-refractivity contribution in [2.24, 2.45) is 5.92 Å². The second kappa shape index (κ2) is 6.15. The highest BCUT2D eigenvalue weighted by Gasteiger charge is 2.21. The lowest BCUT2D eigenvalue weighted by atomic mass is 10.2. The Bertz CT molecular complexity index is 734. The van der Waals surface area contributed by atoms with Crippen LogP contribution >= 0.6 is 22.9 Å². The lowest BCUT2D eigenvalue weighted by Gasteiger charge is -2.05. The molecule has 0 aliphatic heterocycles. The first kappa shape index (κ1) is 16.0. The summed E-state index contributed by atoms with van der Waals surface area (Å²) in [7, 11) is 0. The van der Waals surface area contributed by atoms with Crippen LogP contribution in [0, 0.1) is 12.8 Å². The van der Waals surface area contributed by atoms with Crippen LogP contribution < -0.4 is 5.56 Å². The summed E-state index contributed by atoms with van der Waals surface area (Å²) in [5.74, 6) is 0.246. The number of thiophene rings is 1. The smallest absolute Gasteiger partial charge is 0.348 e. The normalized spacial score (nSPS) is 12.9. The predicted octanol–water partition coefficient (Wildman–Crippen LogP) is 3.41. The van der Waals surface area contributed by atoms with Crippen molar-refractivity contribution < 1.29 is 9.53 Å². The van der Waals surface area contributed by atoms with E-state index in [9.17, 15) is 9.59 Å². The van der Waals surface area contributed by atoms with Crippen LogP contribution in [-0.2, 0) is 4.74 Å². The summed E-state index contributed by atoms with van der Waals surface area (Å²) < 4.78 is 5.22. The first-order chi connectivity index (χ1) is 9.81. The third-order valence-corrected chi connectivity index (χ3v) is 4.30. The molecule has 2 rings (SSSR count). The van der Waals surface area contributed by atoms with Gasteiger partial charge in [0.05, 0.1) is 17.4 Å². The molecule has 114 valence electrons. The van der Waals surface area contributed by atoms with E-state index >= 15 is 0 Å². The van der Waals surface area contributed by atoms with Gasteiger partial charge in [0.1, 0.15) is 15.5 Å². The summed E-state index contributed by atoms with van der Waals surface area (Å²) >= 11 is 7.11. The number of nitrogens with one attached hydrogen (secondary N) is 1. The third-order valence-electron chi connectivity index (χ3n) is 2.93. The zero-order chi connectivity index (χ0) is 15.7. The Labute approximate surface area is 131 Å². The van der Waals surface area contributed by atoms with Crippen molar-refractivity contribution in [3.8, 4) is 0 Å². The number of rotatable bonds is 4. The first-order valence-electron chi connectivity index (χ1n) is 6.65. The number of carbonyl (C=O) groups excluding carboxylic acids is 1. The molecule has 21 heavy (non-hydrogen) atoms. The van der Waals surface area contributed by atoms with Crippen molar-refractivity contribution in [3.63, 3.8) is 0 Å². The molecule has 0 fully saturated rings. The lowest BCUT2D eigenvalue weighted by molar-refractivity contribution is 0.0464. The van der Waals surface area contributed by atoms with Crippen molar-refractivity contribution in [2.75, 3.05) is 6.61 Å². The molecule has 0 bridgehead atoms. The number of alkyl halides is 1. The fraction of sp³-hybridized carbons (Fsp3) is 0.500. The average molecular weight is 329 g/mol. The minimum absolute atomic E-state index is 0.258. The van der Waals surface area contributed by atoms with Gasteiger partial charge in [0.25, 0.3) is 5.56 Å². The molecule has 1 unspecified atom stereocenters. The van der Waals surface area contributed by atoms with Crippen molar-refractivity contribution in [3.05, 3.63) is 26.6 Å². The number of esters is 1. The van der Waals surface area contributed by atoms with Crippen molar-refractivity contribution in [1.82, 2.24) is 9.97 Å². The monoisotopic (exact) mass is 328 g/mol. The van der Waals surface area contributed by atoms with Gasteiger partial charge in [-0.15, -0.1) is 22.9 Å². The van der Waals surface area contributed by atoms with Crippen LogP contribution in [0.15, 0.2) is 4.79 Å². The Morgan fingerprint density at radius 2 is 2.10 bits per heavy atom. The summed E-state index contributed by atoms with van der Waals surface area (Å²) in [5.41, 5.74) is 0.324. The van der Waals surface area contributed by atoms with Gasteiger partial charge in [-0.1, -0.05) is 13.8 Å². The molecule has 0 aromatic carbocycles. The van der Waals surface area contributed by atoms with Gasteiger partial charge in [-0.3, -0.25) is 4.79 Å². The molecule has 0 amide bonds. The Hall–Kier alpha value is -1.40. The molecule has 0 aliphatic rings. The molecule has 0 radical (unpaired) electrons. The van der Waals surface area contributed by atoms with E-state index in [1.807, 2.05) is 13.8 Å². The van der Waals surface area contributed by atoms with Gasteiger partial charge in [0.15, 0.2) is 0 Å². The lowest BCUT2D eigenvalue weighted by Crippen LogP contribution is -2.12. The molecule has 0 aliphatic carbocycles. The zero-order valence-corrected chi connectivity index (χ0v) is 13.9. The van der Waals surface area contributed by atoms with Crippen LogP contribution in [0.1, 0.15) is 47.2 Å². The molecule has 0 spiro atoms. The Morgan fingerprint density at radius 1 is 1.43 bits per heavy atom. The Morgan fingerprint density at radius 3 is 2.67 bits per heavy atom. The van der Waals surface area contributed by atoms with Gasteiger partial charge >= 0.3 is 5.97 Å². The van der Waals surface area contributed by atoms with Crippen LogP contribution in [0.5, 0.6) is 0 Å². The van der Waals surface area contributed by atoms with Gasteiger partial charge in [0.2, 0.25) is 0 Å². The number of halogens is 1. The number of fused-ring (bicyclic) bond motifs is 1. The molecular formula is C14H17ClN2O3S. The second-order valence-electron chi connectivity index (χ2n) is 5.30. The van der Waals surface area contributed by atoms with E-state index in [0.717, 1.165) is 0 Å². The van der Waals surface area contributed by atoms with Crippen LogP contribution in [0.2, 0.25) is 0 Å². The van der Waals surface area contributed by atoms with Gasteiger partial charge < -0.3 is 9.72 Å². The molecule has 7 heteroatoms. The van der Waals surface area contributed by atoms with E-state index in [2.05, 4.69) is 9.97 Å². The van der Waals surface area contributed by atoms with E-state index in [0.29, 0.717) is 33.1 Å². The van der Waals surface area contributed by atoms with E-state index in [-0.39, 0.29) is 11.5 Å². The van der Waals surface area contributed by atoms with Gasteiger partial charge in [-0.2, -0.15) is 0 Å². The highest BCUT2D eigenvalue weighted by atomic mass is 35.5. The third kappa shape index (κ3) is 3.27. The van der Waals surface area contributed by atoms with E-state index in [1.165, 1.54) is 11.3 Å². The SMILES string of the molecule is Cc1c(C(=O)OCC(C)C)sc2nc(C(C)Cl)[nH]c(=O)c12. The molecule has 2 heterocycles. The first-order valence-corrected chi connectivity index (χ1v) is 7.91. The van der Waals surface area contributed by atoms with Crippen LogP contribution in [0.4, 0.5) is 0 Å². The topological polar surface area (TPSA) is 72.0 Å². The highest BCUT2D eigenvalue weighted by molar-refractivity contribution is 7.20. The summed E-state index contributed by atoms with van der Waals surface area (Å²) in [4.78, 5) is 32.1. The number of aromatic nitrogens is 2. The number of H-pyrrole nitrogens is 1. The quantitative estimate of drug-likeness (QED) is 0.689. The number of aromatic amines is 1. The maximum Gasteiger partial charge on any atom is 0.348 e. The maximum atomic E-state index is 12.1. The zero-order valence-electron chi connectivity index (χ0n) is 12.3. The number of carbonyl (C=O) groups is 1. The number of aryl methyl sites for hydroxylation is 1. The molecule has 1 N–H and O–H groups in total. The minimum atomic E-state index is -0.413. The fourth-order valence-electron chi connectivity index (χ4n) is 1.85. The Balaban J connectivity index is 2.48. The van der Waals surface area contributed by atoms with E-state index in [1.54, 1.807) is 13.8 Å². The molecule has 1 atom stereocenters.